The van der Waals surface area contributed by atoms with E-state index in [2.05, 4.69) is 5.32 Å². The molecule has 1 atom stereocenters. The van der Waals surface area contributed by atoms with Crippen molar-refractivity contribution in [1.29, 1.82) is 0 Å². The number of hydrogen-bond acceptors (Lipinski definition) is 3. The third kappa shape index (κ3) is 4.19. The van der Waals surface area contributed by atoms with Gasteiger partial charge in [0.25, 0.3) is 0 Å². The molecule has 1 saturated heterocycles. The first-order valence-electron chi connectivity index (χ1n) is 7.17. The molecule has 4 nitrogen and oxygen atoms in total. The van der Waals surface area contributed by atoms with Gasteiger partial charge in [0.2, 0.25) is 10.0 Å². The molecular formula is C15H25ClN2O2S. The van der Waals surface area contributed by atoms with Crippen molar-refractivity contribution in [3.05, 3.63) is 29.3 Å². The average molecular weight is 333 g/mol. The number of halogens is 1. The predicted molar refractivity (Wildman–Crippen MR) is 88.6 cm³/mol. The van der Waals surface area contributed by atoms with Crippen LogP contribution in [0.4, 0.5) is 0 Å². The minimum atomic E-state index is -3.35. The van der Waals surface area contributed by atoms with E-state index in [1.807, 2.05) is 27.0 Å². The Morgan fingerprint density at radius 3 is 2.62 bits per heavy atom. The Morgan fingerprint density at radius 2 is 2.00 bits per heavy atom. The van der Waals surface area contributed by atoms with Crippen molar-refractivity contribution in [2.45, 2.75) is 31.6 Å². The monoisotopic (exact) mass is 332 g/mol. The van der Waals surface area contributed by atoms with Gasteiger partial charge in [-0.2, -0.15) is 4.31 Å². The first kappa shape index (κ1) is 18.4. The van der Waals surface area contributed by atoms with Crippen molar-refractivity contribution < 1.29 is 8.42 Å². The molecule has 0 bridgehead atoms. The number of nitrogens with zero attached hydrogens (tertiary/aromatic N) is 1. The Kier molecular flexibility index (Phi) is 6.66. The molecule has 0 aliphatic carbocycles. The smallest absolute Gasteiger partial charge is 0.243 e. The molecule has 120 valence electrons. The van der Waals surface area contributed by atoms with E-state index in [1.165, 1.54) is 0 Å². The van der Waals surface area contributed by atoms with Crippen LogP contribution in [-0.4, -0.2) is 39.4 Å². The van der Waals surface area contributed by atoms with Crippen LogP contribution in [-0.2, 0) is 10.0 Å². The second kappa shape index (κ2) is 7.58. The van der Waals surface area contributed by atoms with Crippen molar-refractivity contribution in [1.82, 2.24) is 9.62 Å². The van der Waals surface area contributed by atoms with E-state index in [-0.39, 0.29) is 12.4 Å². The van der Waals surface area contributed by atoms with Crippen molar-refractivity contribution in [3.63, 3.8) is 0 Å². The molecule has 0 saturated carbocycles. The molecule has 1 heterocycles. The van der Waals surface area contributed by atoms with Gasteiger partial charge in [-0.25, -0.2) is 8.42 Å². The Hall–Kier alpha value is -0.620. The summed E-state index contributed by atoms with van der Waals surface area (Å²) in [7, 11) is -1.43. The molecule has 1 aliphatic heterocycles. The highest BCUT2D eigenvalue weighted by molar-refractivity contribution is 7.89. The van der Waals surface area contributed by atoms with E-state index >= 15 is 0 Å². The molecular weight excluding hydrogens is 308 g/mol. The quantitative estimate of drug-likeness (QED) is 0.920. The normalized spacial score (nSPS) is 20.0. The fourth-order valence-corrected chi connectivity index (χ4v) is 4.36. The lowest BCUT2D eigenvalue weighted by Gasteiger charge is -2.32. The van der Waals surface area contributed by atoms with Crippen LogP contribution >= 0.6 is 12.4 Å². The van der Waals surface area contributed by atoms with Gasteiger partial charge in [-0.05, 0) is 69.5 Å². The first-order valence-corrected chi connectivity index (χ1v) is 8.61. The molecule has 21 heavy (non-hydrogen) atoms. The number of piperidine rings is 1. The zero-order chi connectivity index (χ0) is 14.8. The molecule has 1 N–H and O–H groups in total. The standard InChI is InChI=1S/C15H24N2O2S.ClH/c1-12-6-7-15(9-13(12)2)20(18,19)17-8-4-5-14(11-17)10-16-3;/h6-7,9,14,16H,4-5,8,10-11H2,1-3H3;1H. The number of sulfonamides is 1. The van der Waals surface area contributed by atoms with E-state index in [1.54, 1.807) is 16.4 Å². The summed E-state index contributed by atoms with van der Waals surface area (Å²) in [5, 5.41) is 3.14. The van der Waals surface area contributed by atoms with Crippen LogP contribution in [0.3, 0.4) is 0 Å². The first-order chi connectivity index (χ1) is 9.45. The SMILES string of the molecule is CNCC1CCCN(S(=O)(=O)c2ccc(C)c(C)c2)C1.Cl. The van der Waals surface area contributed by atoms with E-state index in [0.29, 0.717) is 23.9 Å². The van der Waals surface area contributed by atoms with Crippen LogP contribution in [0.25, 0.3) is 0 Å². The van der Waals surface area contributed by atoms with Crippen LogP contribution in [0.1, 0.15) is 24.0 Å². The highest BCUT2D eigenvalue weighted by Crippen LogP contribution is 2.24. The third-order valence-electron chi connectivity index (χ3n) is 4.09. The minimum Gasteiger partial charge on any atom is -0.319 e. The molecule has 1 unspecified atom stereocenters. The van der Waals surface area contributed by atoms with Crippen molar-refractivity contribution in [2.24, 2.45) is 5.92 Å². The fourth-order valence-electron chi connectivity index (χ4n) is 2.72. The molecule has 2 rings (SSSR count). The molecule has 1 aliphatic rings. The van der Waals surface area contributed by atoms with Gasteiger partial charge in [0.15, 0.2) is 0 Å². The molecule has 1 fully saturated rings. The maximum absolute atomic E-state index is 12.7. The second-order valence-corrected chi connectivity index (χ2v) is 7.61. The lowest BCUT2D eigenvalue weighted by atomic mass is 10.00. The second-order valence-electron chi connectivity index (χ2n) is 5.68. The highest BCUT2D eigenvalue weighted by atomic mass is 35.5. The van der Waals surface area contributed by atoms with E-state index < -0.39 is 10.0 Å². The van der Waals surface area contributed by atoms with Gasteiger partial charge < -0.3 is 5.32 Å². The molecule has 0 radical (unpaired) electrons. The zero-order valence-electron chi connectivity index (χ0n) is 12.9. The largest absolute Gasteiger partial charge is 0.319 e. The van der Waals surface area contributed by atoms with Gasteiger partial charge in [-0.3, -0.25) is 0 Å². The predicted octanol–water partition coefficient (Wildman–Crippen LogP) is 2.35. The van der Waals surface area contributed by atoms with Crippen molar-refractivity contribution in [3.8, 4) is 0 Å². The summed E-state index contributed by atoms with van der Waals surface area (Å²) in [6.45, 7) is 6.08. The summed E-state index contributed by atoms with van der Waals surface area (Å²) in [6.07, 6.45) is 2.04. The van der Waals surface area contributed by atoms with Crippen LogP contribution in [0.15, 0.2) is 23.1 Å². The van der Waals surface area contributed by atoms with Gasteiger partial charge in [-0.1, -0.05) is 6.07 Å². The van der Waals surface area contributed by atoms with Crippen LogP contribution in [0.5, 0.6) is 0 Å². The summed E-state index contributed by atoms with van der Waals surface area (Å²) in [5.41, 5.74) is 2.14. The Bertz CT molecular complexity index is 573. The summed E-state index contributed by atoms with van der Waals surface area (Å²) < 4.78 is 27.1. The Balaban J connectivity index is 0.00000220. The number of aryl methyl sites for hydroxylation is 2. The summed E-state index contributed by atoms with van der Waals surface area (Å²) >= 11 is 0. The Morgan fingerprint density at radius 1 is 1.29 bits per heavy atom. The highest BCUT2D eigenvalue weighted by Gasteiger charge is 2.30. The average Bonchev–Trinajstić information content (AvgIpc) is 2.42. The summed E-state index contributed by atoms with van der Waals surface area (Å²) in [4.78, 5) is 0.422. The third-order valence-corrected chi connectivity index (χ3v) is 5.95. The maximum Gasteiger partial charge on any atom is 0.243 e. The number of rotatable bonds is 4. The molecule has 1 aromatic carbocycles. The van der Waals surface area contributed by atoms with Crippen LogP contribution in [0.2, 0.25) is 0 Å². The van der Waals surface area contributed by atoms with Crippen LogP contribution in [0, 0.1) is 19.8 Å². The molecule has 1 aromatic rings. The van der Waals surface area contributed by atoms with Gasteiger partial charge in [0, 0.05) is 13.1 Å². The van der Waals surface area contributed by atoms with Gasteiger partial charge in [0.05, 0.1) is 4.90 Å². The lowest BCUT2D eigenvalue weighted by molar-refractivity contribution is 0.263. The van der Waals surface area contributed by atoms with Gasteiger partial charge in [-0.15, -0.1) is 12.4 Å². The Labute approximate surface area is 134 Å². The van der Waals surface area contributed by atoms with Gasteiger partial charge >= 0.3 is 0 Å². The number of hydrogen-bond donors (Lipinski definition) is 1. The summed E-state index contributed by atoms with van der Waals surface area (Å²) in [5.74, 6) is 0.412. The van der Waals surface area contributed by atoms with E-state index in [4.69, 9.17) is 0 Å². The van der Waals surface area contributed by atoms with Gasteiger partial charge in [0.1, 0.15) is 0 Å². The fraction of sp³-hybridized carbons (Fsp3) is 0.600. The van der Waals surface area contributed by atoms with E-state index in [0.717, 1.165) is 30.5 Å². The van der Waals surface area contributed by atoms with Crippen LogP contribution < -0.4 is 5.32 Å². The lowest BCUT2D eigenvalue weighted by Crippen LogP contribution is -2.42. The maximum atomic E-state index is 12.7. The zero-order valence-corrected chi connectivity index (χ0v) is 14.6. The molecule has 0 aromatic heterocycles. The molecule has 6 heteroatoms. The minimum absolute atomic E-state index is 0. The topological polar surface area (TPSA) is 49.4 Å². The van der Waals surface area contributed by atoms with Crippen molar-refractivity contribution >= 4 is 22.4 Å². The number of benzene rings is 1. The van der Waals surface area contributed by atoms with E-state index in [9.17, 15) is 8.42 Å². The summed E-state index contributed by atoms with van der Waals surface area (Å²) in [6, 6.07) is 5.39. The molecule has 0 spiro atoms. The van der Waals surface area contributed by atoms with Crippen molar-refractivity contribution in [2.75, 3.05) is 26.7 Å². The number of nitrogens with one attached hydrogen (secondary N) is 1. The molecule has 0 amide bonds.